The van der Waals surface area contributed by atoms with Crippen molar-refractivity contribution < 1.29 is 9.47 Å². The normalized spacial score (nSPS) is 18.6. The van der Waals surface area contributed by atoms with Gasteiger partial charge in [-0.1, -0.05) is 29.8 Å². The Kier molecular flexibility index (Phi) is 5.42. The van der Waals surface area contributed by atoms with Gasteiger partial charge in [-0.05, 0) is 56.8 Å². The molecule has 1 saturated heterocycles. The molecule has 0 spiro atoms. The highest BCUT2D eigenvalue weighted by molar-refractivity contribution is 6.30. The van der Waals surface area contributed by atoms with E-state index in [0.717, 1.165) is 24.7 Å². The summed E-state index contributed by atoms with van der Waals surface area (Å²) in [4.78, 5) is 2.37. The van der Waals surface area contributed by atoms with E-state index in [1.165, 1.54) is 19.4 Å². The lowest BCUT2D eigenvalue weighted by molar-refractivity contribution is 0.148. The van der Waals surface area contributed by atoms with Crippen LogP contribution in [0, 0.1) is 5.92 Å². The van der Waals surface area contributed by atoms with E-state index in [0.29, 0.717) is 16.7 Å². The molecule has 3 nitrogen and oxygen atoms in total. The van der Waals surface area contributed by atoms with Crippen LogP contribution >= 0.6 is 11.6 Å². The smallest absolute Gasteiger partial charge is 0.169 e. The van der Waals surface area contributed by atoms with Crippen LogP contribution in [-0.4, -0.2) is 31.6 Å². The van der Waals surface area contributed by atoms with Crippen LogP contribution in [0.15, 0.2) is 48.5 Å². The van der Waals surface area contributed by atoms with E-state index in [2.05, 4.69) is 11.9 Å². The van der Waals surface area contributed by atoms with E-state index in [-0.39, 0.29) is 0 Å². The molecule has 0 N–H and O–H groups in total. The van der Waals surface area contributed by atoms with E-state index in [9.17, 15) is 0 Å². The van der Waals surface area contributed by atoms with Crippen molar-refractivity contribution in [2.24, 2.45) is 5.92 Å². The third-order valence-electron chi connectivity index (χ3n) is 4.07. The zero-order chi connectivity index (χ0) is 16.1. The highest BCUT2D eigenvalue weighted by Crippen LogP contribution is 2.32. The largest absolute Gasteiger partial charge is 0.489 e. The topological polar surface area (TPSA) is 21.7 Å². The summed E-state index contributed by atoms with van der Waals surface area (Å²) in [5.41, 5.74) is 0. The van der Waals surface area contributed by atoms with Gasteiger partial charge in [0.25, 0.3) is 0 Å². The summed E-state index contributed by atoms with van der Waals surface area (Å²) in [6.07, 6.45) is 2.47. The summed E-state index contributed by atoms with van der Waals surface area (Å²) >= 11 is 6.01. The number of hydrogen-bond acceptors (Lipinski definition) is 3. The van der Waals surface area contributed by atoms with Crippen molar-refractivity contribution in [1.29, 1.82) is 0 Å². The predicted molar refractivity (Wildman–Crippen MR) is 93.7 cm³/mol. The Hall–Kier alpha value is -1.71. The van der Waals surface area contributed by atoms with Gasteiger partial charge >= 0.3 is 0 Å². The lowest BCUT2D eigenvalue weighted by atomic mass is 10.00. The van der Waals surface area contributed by atoms with Gasteiger partial charge < -0.3 is 14.4 Å². The first-order valence-corrected chi connectivity index (χ1v) is 8.42. The van der Waals surface area contributed by atoms with E-state index in [1.807, 2.05) is 42.5 Å². The average molecular weight is 332 g/mol. The number of nitrogens with zero attached hydrogens (tertiary/aromatic N) is 1. The molecule has 2 aromatic carbocycles. The molecule has 0 radical (unpaired) electrons. The van der Waals surface area contributed by atoms with E-state index >= 15 is 0 Å². The van der Waals surface area contributed by atoms with Crippen LogP contribution in [0.2, 0.25) is 5.02 Å². The Morgan fingerprint density at radius 2 is 1.96 bits per heavy atom. The van der Waals surface area contributed by atoms with Crippen LogP contribution in [0.4, 0.5) is 0 Å². The standard InChI is InChI=1S/C19H22ClNO2/c1-21-11-5-6-15(13-21)14-22-18-9-2-3-10-19(18)23-17-8-4-7-16(20)12-17/h2-4,7-10,12,15H,5-6,11,13-14H2,1H3/t15-/m0/s1. The van der Waals surface area contributed by atoms with Crippen LogP contribution in [0.25, 0.3) is 0 Å². The molecule has 1 heterocycles. The Balaban J connectivity index is 1.65. The average Bonchev–Trinajstić information content (AvgIpc) is 2.54. The van der Waals surface area contributed by atoms with Crippen molar-refractivity contribution in [1.82, 2.24) is 4.90 Å². The highest BCUT2D eigenvalue weighted by Gasteiger charge is 2.18. The molecule has 0 aromatic heterocycles. The Labute approximate surface area is 142 Å². The zero-order valence-electron chi connectivity index (χ0n) is 13.4. The molecule has 2 aromatic rings. The molecule has 1 aliphatic heterocycles. The van der Waals surface area contributed by atoms with E-state index < -0.39 is 0 Å². The number of ether oxygens (including phenoxy) is 2. The summed E-state index contributed by atoms with van der Waals surface area (Å²) in [7, 11) is 2.17. The highest BCUT2D eigenvalue weighted by atomic mass is 35.5. The zero-order valence-corrected chi connectivity index (χ0v) is 14.1. The molecule has 4 heteroatoms. The van der Waals surface area contributed by atoms with Crippen molar-refractivity contribution in [3.8, 4) is 17.2 Å². The van der Waals surface area contributed by atoms with Crippen molar-refractivity contribution in [2.45, 2.75) is 12.8 Å². The van der Waals surface area contributed by atoms with Crippen molar-refractivity contribution in [3.05, 3.63) is 53.6 Å². The monoisotopic (exact) mass is 331 g/mol. The van der Waals surface area contributed by atoms with Crippen LogP contribution in [-0.2, 0) is 0 Å². The minimum absolute atomic E-state index is 0.577. The SMILES string of the molecule is CN1CCC[C@H](COc2ccccc2Oc2cccc(Cl)c2)C1. The number of halogens is 1. The van der Waals surface area contributed by atoms with Gasteiger partial charge in [0.1, 0.15) is 5.75 Å². The van der Waals surface area contributed by atoms with Gasteiger partial charge in [0.15, 0.2) is 11.5 Å². The molecule has 0 saturated carbocycles. The van der Waals surface area contributed by atoms with Gasteiger partial charge in [0, 0.05) is 17.5 Å². The van der Waals surface area contributed by atoms with Gasteiger partial charge in [0.2, 0.25) is 0 Å². The van der Waals surface area contributed by atoms with Gasteiger partial charge in [-0.15, -0.1) is 0 Å². The fourth-order valence-electron chi connectivity index (χ4n) is 2.93. The summed E-state index contributed by atoms with van der Waals surface area (Å²) in [6.45, 7) is 3.00. The number of benzene rings is 2. The molecule has 0 amide bonds. The molecule has 1 fully saturated rings. The fraction of sp³-hybridized carbons (Fsp3) is 0.368. The maximum atomic E-state index is 6.04. The second-order valence-corrected chi connectivity index (χ2v) is 6.52. The van der Waals surface area contributed by atoms with Crippen molar-refractivity contribution in [3.63, 3.8) is 0 Å². The molecular formula is C19H22ClNO2. The second kappa shape index (κ2) is 7.71. The van der Waals surface area contributed by atoms with Crippen LogP contribution < -0.4 is 9.47 Å². The lowest BCUT2D eigenvalue weighted by Crippen LogP contribution is -2.34. The Morgan fingerprint density at radius 3 is 2.74 bits per heavy atom. The molecule has 1 atom stereocenters. The maximum absolute atomic E-state index is 6.04. The first-order chi connectivity index (χ1) is 11.2. The van der Waals surface area contributed by atoms with E-state index in [4.69, 9.17) is 21.1 Å². The maximum Gasteiger partial charge on any atom is 0.169 e. The molecule has 3 rings (SSSR count). The number of piperidine rings is 1. The molecule has 0 unspecified atom stereocenters. The van der Waals surface area contributed by atoms with Crippen molar-refractivity contribution in [2.75, 3.05) is 26.7 Å². The molecule has 0 bridgehead atoms. The van der Waals surface area contributed by atoms with Crippen LogP contribution in [0.5, 0.6) is 17.2 Å². The van der Waals surface area contributed by atoms with Crippen LogP contribution in [0.1, 0.15) is 12.8 Å². The Bertz CT molecular complexity index is 647. The number of rotatable bonds is 5. The van der Waals surface area contributed by atoms with Crippen molar-refractivity contribution >= 4 is 11.6 Å². The summed E-state index contributed by atoms with van der Waals surface area (Å²) < 4.78 is 12.0. The minimum Gasteiger partial charge on any atom is -0.489 e. The molecule has 0 aliphatic carbocycles. The number of likely N-dealkylation sites (tertiary alicyclic amines) is 1. The first-order valence-electron chi connectivity index (χ1n) is 8.04. The van der Waals surface area contributed by atoms with Crippen LogP contribution in [0.3, 0.4) is 0 Å². The molecule has 1 aliphatic rings. The predicted octanol–water partition coefficient (Wildman–Crippen LogP) is 4.85. The first kappa shape index (κ1) is 16.2. The molecular weight excluding hydrogens is 310 g/mol. The quantitative estimate of drug-likeness (QED) is 0.781. The summed E-state index contributed by atoms with van der Waals surface area (Å²) in [5, 5.41) is 0.658. The summed E-state index contributed by atoms with van der Waals surface area (Å²) in [6, 6.07) is 15.2. The third-order valence-corrected chi connectivity index (χ3v) is 4.30. The number of para-hydroxylation sites is 2. The second-order valence-electron chi connectivity index (χ2n) is 6.09. The minimum atomic E-state index is 0.577. The third kappa shape index (κ3) is 4.63. The van der Waals surface area contributed by atoms with Gasteiger partial charge in [-0.25, -0.2) is 0 Å². The van der Waals surface area contributed by atoms with Gasteiger partial charge in [-0.3, -0.25) is 0 Å². The molecule has 122 valence electrons. The molecule has 23 heavy (non-hydrogen) atoms. The number of hydrogen-bond donors (Lipinski definition) is 0. The van der Waals surface area contributed by atoms with E-state index in [1.54, 1.807) is 6.07 Å². The van der Waals surface area contributed by atoms with Gasteiger partial charge in [-0.2, -0.15) is 0 Å². The summed E-state index contributed by atoms with van der Waals surface area (Å²) in [5.74, 6) is 2.79. The van der Waals surface area contributed by atoms with Gasteiger partial charge in [0.05, 0.1) is 6.61 Å². The Morgan fingerprint density at radius 1 is 1.13 bits per heavy atom. The fourth-order valence-corrected chi connectivity index (χ4v) is 3.11. The lowest BCUT2D eigenvalue weighted by Gasteiger charge is -2.29.